The summed E-state index contributed by atoms with van der Waals surface area (Å²) in [5.41, 5.74) is 0.740. The molecule has 5 nitrogen and oxygen atoms in total. The highest BCUT2D eigenvalue weighted by Crippen LogP contribution is 2.36. The maximum atomic E-state index is 13.3. The number of nitrogens with zero attached hydrogens (tertiary/aromatic N) is 2. The third kappa shape index (κ3) is 7.35. The number of nitrogens with one attached hydrogen (secondary N) is 1. The number of ether oxygens (including phenoxy) is 1. The van der Waals surface area contributed by atoms with Gasteiger partial charge in [0.2, 0.25) is 5.91 Å². The van der Waals surface area contributed by atoms with Gasteiger partial charge in [0, 0.05) is 38.8 Å². The van der Waals surface area contributed by atoms with E-state index in [4.69, 9.17) is 0 Å². The van der Waals surface area contributed by atoms with Crippen molar-refractivity contribution >= 4 is 5.91 Å². The van der Waals surface area contributed by atoms with Crippen molar-refractivity contribution in [1.29, 1.82) is 0 Å². The second-order valence-corrected chi connectivity index (χ2v) is 7.49. The molecule has 1 amide bonds. The van der Waals surface area contributed by atoms with Crippen LogP contribution in [0, 0.1) is 0 Å². The number of carbonyl (C=O) groups is 1. The van der Waals surface area contributed by atoms with Gasteiger partial charge in [0.05, 0.1) is 6.54 Å². The monoisotopic (exact) mass is 441 g/mol. The SMILES string of the molecule is CC(C)NC(=O)CN1CCN(Cc2ccc(OC(F)(F)C(F)C(F)(F)F)cc2)CC1. The number of hydrogen-bond donors (Lipinski definition) is 1. The maximum Gasteiger partial charge on any atom is 0.439 e. The van der Waals surface area contributed by atoms with Gasteiger partial charge >= 0.3 is 12.3 Å². The Bertz CT molecular complexity index is 689. The molecule has 1 aromatic carbocycles. The Morgan fingerprint density at radius 3 is 2.07 bits per heavy atom. The number of hydrogen-bond acceptors (Lipinski definition) is 4. The summed E-state index contributed by atoms with van der Waals surface area (Å²) in [5.74, 6) is -0.594. The number of halogens is 6. The summed E-state index contributed by atoms with van der Waals surface area (Å²) in [7, 11) is 0. The van der Waals surface area contributed by atoms with Crippen molar-refractivity contribution in [2.75, 3.05) is 32.7 Å². The van der Waals surface area contributed by atoms with E-state index in [1.807, 2.05) is 18.7 Å². The smallest absolute Gasteiger partial charge is 0.430 e. The van der Waals surface area contributed by atoms with Gasteiger partial charge in [-0.15, -0.1) is 0 Å². The third-order valence-electron chi connectivity index (χ3n) is 4.45. The molecule has 11 heteroatoms. The van der Waals surface area contributed by atoms with Gasteiger partial charge < -0.3 is 10.1 Å². The van der Waals surface area contributed by atoms with E-state index in [0.29, 0.717) is 39.3 Å². The molecule has 30 heavy (non-hydrogen) atoms. The van der Waals surface area contributed by atoms with Crippen LogP contribution in [0.25, 0.3) is 0 Å². The van der Waals surface area contributed by atoms with Crippen molar-refractivity contribution in [2.45, 2.75) is 44.9 Å². The molecule has 1 saturated heterocycles. The van der Waals surface area contributed by atoms with Crippen molar-refractivity contribution in [2.24, 2.45) is 0 Å². The summed E-state index contributed by atoms with van der Waals surface area (Å²) in [5, 5.41) is 2.83. The van der Waals surface area contributed by atoms with Crippen LogP contribution in [0.4, 0.5) is 26.3 Å². The van der Waals surface area contributed by atoms with E-state index in [-0.39, 0.29) is 11.9 Å². The van der Waals surface area contributed by atoms with Crippen molar-refractivity contribution in [3.8, 4) is 5.75 Å². The summed E-state index contributed by atoms with van der Waals surface area (Å²) in [6.07, 6.45) is -15.2. The van der Waals surface area contributed by atoms with Gasteiger partial charge in [-0.25, -0.2) is 4.39 Å². The third-order valence-corrected chi connectivity index (χ3v) is 4.45. The summed E-state index contributed by atoms with van der Waals surface area (Å²) in [6.45, 7) is 7.36. The molecule has 0 bridgehead atoms. The lowest BCUT2D eigenvalue weighted by Gasteiger charge is -2.34. The number of rotatable bonds is 8. The van der Waals surface area contributed by atoms with E-state index < -0.39 is 24.2 Å². The van der Waals surface area contributed by atoms with Crippen LogP contribution in [0.1, 0.15) is 19.4 Å². The maximum absolute atomic E-state index is 13.3. The molecule has 0 aromatic heterocycles. The number of amides is 1. The minimum Gasteiger partial charge on any atom is -0.430 e. The predicted molar refractivity (Wildman–Crippen MR) is 98.0 cm³/mol. The standard InChI is InChI=1S/C19H25F6N3O2/c1-13(2)26-16(29)12-28-9-7-27(8-10-28)11-14-3-5-15(6-4-14)30-19(24,25)17(20)18(21,22)23/h3-6,13,17H,7-12H2,1-2H3,(H,26,29). The summed E-state index contributed by atoms with van der Waals surface area (Å²) in [4.78, 5) is 15.9. The highest BCUT2D eigenvalue weighted by atomic mass is 19.4. The Hall–Kier alpha value is -2.01. The first-order valence-electron chi connectivity index (χ1n) is 9.47. The molecule has 1 N–H and O–H groups in total. The lowest BCUT2D eigenvalue weighted by molar-refractivity contribution is -0.304. The van der Waals surface area contributed by atoms with E-state index in [1.165, 1.54) is 12.1 Å². The van der Waals surface area contributed by atoms with Crippen LogP contribution in [0.5, 0.6) is 5.75 Å². The van der Waals surface area contributed by atoms with Gasteiger partial charge in [-0.1, -0.05) is 12.1 Å². The lowest BCUT2D eigenvalue weighted by Crippen LogP contribution is -2.49. The van der Waals surface area contributed by atoms with Crippen LogP contribution >= 0.6 is 0 Å². The second kappa shape index (κ2) is 9.86. The lowest BCUT2D eigenvalue weighted by atomic mass is 10.2. The van der Waals surface area contributed by atoms with E-state index in [0.717, 1.165) is 17.7 Å². The summed E-state index contributed by atoms with van der Waals surface area (Å²) >= 11 is 0. The van der Waals surface area contributed by atoms with Crippen LogP contribution in [0.2, 0.25) is 0 Å². The van der Waals surface area contributed by atoms with Crippen LogP contribution in [-0.4, -0.2) is 72.9 Å². The van der Waals surface area contributed by atoms with Crippen molar-refractivity contribution < 1.29 is 35.9 Å². The second-order valence-electron chi connectivity index (χ2n) is 7.49. The molecule has 1 aliphatic rings. The first-order chi connectivity index (χ1) is 13.9. The normalized spacial score (nSPS) is 17.8. The molecule has 2 rings (SSSR count). The molecule has 1 fully saturated rings. The molecule has 1 aromatic rings. The molecule has 1 atom stereocenters. The van der Waals surface area contributed by atoms with E-state index in [1.54, 1.807) is 0 Å². The molecular formula is C19H25F6N3O2. The Morgan fingerprint density at radius 1 is 1.03 bits per heavy atom. The highest BCUT2D eigenvalue weighted by Gasteiger charge is 2.59. The zero-order chi connectivity index (χ0) is 22.5. The fourth-order valence-corrected chi connectivity index (χ4v) is 3.00. The molecule has 170 valence electrons. The fourth-order valence-electron chi connectivity index (χ4n) is 3.00. The minimum atomic E-state index is -5.72. The summed E-state index contributed by atoms with van der Waals surface area (Å²) < 4.78 is 79.9. The minimum absolute atomic E-state index is 0.0353. The van der Waals surface area contributed by atoms with E-state index in [2.05, 4.69) is 15.0 Å². The van der Waals surface area contributed by atoms with Crippen molar-refractivity contribution in [3.05, 3.63) is 29.8 Å². The highest BCUT2D eigenvalue weighted by molar-refractivity contribution is 5.78. The molecule has 1 aliphatic heterocycles. The molecule has 1 unspecified atom stereocenters. The Labute approximate surface area is 171 Å². The zero-order valence-corrected chi connectivity index (χ0v) is 16.7. The van der Waals surface area contributed by atoms with Crippen molar-refractivity contribution in [1.82, 2.24) is 15.1 Å². The number of alkyl halides is 6. The topological polar surface area (TPSA) is 44.8 Å². The molecule has 0 saturated carbocycles. The molecule has 0 aliphatic carbocycles. The first kappa shape index (κ1) is 24.3. The molecule has 0 spiro atoms. The zero-order valence-electron chi connectivity index (χ0n) is 16.7. The van der Waals surface area contributed by atoms with Crippen LogP contribution in [0.15, 0.2) is 24.3 Å². The average Bonchev–Trinajstić information content (AvgIpc) is 2.62. The number of benzene rings is 1. The largest absolute Gasteiger partial charge is 0.439 e. The number of carbonyl (C=O) groups excluding carboxylic acids is 1. The van der Waals surface area contributed by atoms with Gasteiger partial charge in [0.1, 0.15) is 5.75 Å². The number of piperazine rings is 1. The molecule has 0 radical (unpaired) electrons. The van der Waals surface area contributed by atoms with Gasteiger partial charge in [0.25, 0.3) is 6.17 Å². The van der Waals surface area contributed by atoms with Gasteiger partial charge in [0.15, 0.2) is 0 Å². The Kier molecular flexibility index (Phi) is 7.98. The summed E-state index contributed by atoms with van der Waals surface area (Å²) in [6, 6.07) is 5.12. The van der Waals surface area contributed by atoms with E-state index >= 15 is 0 Å². The van der Waals surface area contributed by atoms with Crippen LogP contribution in [-0.2, 0) is 11.3 Å². The predicted octanol–water partition coefficient (Wildman–Crippen LogP) is 3.20. The Balaban J connectivity index is 1.82. The van der Waals surface area contributed by atoms with Crippen molar-refractivity contribution in [3.63, 3.8) is 0 Å². The Morgan fingerprint density at radius 2 is 1.57 bits per heavy atom. The van der Waals surface area contributed by atoms with Gasteiger partial charge in [-0.3, -0.25) is 14.6 Å². The van der Waals surface area contributed by atoms with E-state index in [9.17, 15) is 31.1 Å². The average molecular weight is 441 g/mol. The van der Waals surface area contributed by atoms with Crippen LogP contribution < -0.4 is 10.1 Å². The molecule has 1 heterocycles. The van der Waals surface area contributed by atoms with Crippen LogP contribution in [0.3, 0.4) is 0 Å². The van der Waals surface area contributed by atoms with Gasteiger partial charge in [-0.2, -0.15) is 22.0 Å². The van der Waals surface area contributed by atoms with Gasteiger partial charge in [-0.05, 0) is 31.5 Å². The first-order valence-corrected chi connectivity index (χ1v) is 9.47. The quantitative estimate of drug-likeness (QED) is 0.630. The fraction of sp³-hybridized carbons (Fsp3) is 0.632. The molecular weight excluding hydrogens is 416 g/mol.